The molecule has 8 heteroatoms. The summed E-state index contributed by atoms with van der Waals surface area (Å²) in [6, 6.07) is 3.60. The number of nitrogens with one attached hydrogen (secondary N) is 1. The lowest BCUT2D eigenvalue weighted by molar-refractivity contribution is -0.128. The number of hydrogen-bond acceptors (Lipinski definition) is 6. The predicted octanol–water partition coefficient (Wildman–Crippen LogP) is 2.42. The minimum Gasteiger partial charge on any atom is -0.467 e. The van der Waals surface area contributed by atoms with Crippen molar-refractivity contribution in [1.82, 2.24) is 14.3 Å². The Morgan fingerprint density at radius 1 is 1.50 bits per heavy atom. The molecule has 128 valence electrons. The molecule has 0 saturated carbocycles. The van der Waals surface area contributed by atoms with Gasteiger partial charge < -0.3 is 14.6 Å². The molecule has 1 unspecified atom stereocenters. The smallest absolute Gasteiger partial charge is 0.231 e. The van der Waals surface area contributed by atoms with Gasteiger partial charge in [0.2, 0.25) is 16.9 Å². The van der Waals surface area contributed by atoms with Crippen LogP contribution in [0.15, 0.2) is 22.8 Å². The van der Waals surface area contributed by atoms with Crippen LogP contribution in [0.5, 0.6) is 0 Å². The minimum absolute atomic E-state index is 0.0424. The average molecular weight is 348 g/mol. The van der Waals surface area contributed by atoms with E-state index < -0.39 is 0 Å². The zero-order valence-corrected chi connectivity index (χ0v) is 14.7. The van der Waals surface area contributed by atoms with E-state index in [1.807, 2.05) is 26.8 Å². The highest BCUT2D eigenvalue weighted by Gasteiger charge is 2.35. The number of aromatic nitrogens is 2. The summed E-state index contributed by atoms with van der Waals surface area (Å²) in [6.07, 6.45) is 1.78. The van der Waals surface area contributed by atoms with Crippen LogP contribution in [-0.2, 0) is 21.5 Å². The summed E-state index contributed by atoms with van der Waals surface area (Å²) in [5.74, 6) is 0.795. The SMILES string of the molecule is CC(C)(C)c1nsc(NC(=O)C2CC(=O)N(Cc3ccco3)C2)n1. The van der Waals surface area contributed by atoms with Crippen LogP contribution in [0, 0.1) is 5.92 Å². The van der Waals surface area contributed by atoms with Gasteiger partial charge in [0.25, 0.3) is 0 Å². The maximum atomic E-state index is 12.4. The van der Waals surface area contributed by atoms with Crippen molar-refractivity contribution < 1.29 is 14.0 Å². The molecule has 0 spiro atoms. The van der Waals surface area contributed by atoms with Gasteiger partial charge in [-0.05, 0) is 12.1 Å². The lowest BCUT2D eigenvalue weighted by Crippen LogP contribution is -2.28. The highest BCUT2D eigenvalue weighted by atomic mass is 32.1. The van der Waals surface area contributed by atoms with Crippen LogP contribution in [-0.4, -0.2) is 32.6 Å². The molecule has 2 aromatic rings. The average Bonchev–Trinajstić information content (AvgIpc) is 3.21. The summed E-state index contributed by atoms with van der Waals surface area (Å²) in [7, 11) is 0. The van der Waals surface area contributed by atoms with Crippen molar-refractivity contribution in [1.29, 1.82) is 0 Å². The van der Waals surface area contributed by atoms with Gasteiger partial charge in [-0.2, -0.15) is 4.37 Å². The van der Waals surface area contributed by atoms with E-state index in [2.05, 4.69) is 14.7 Å². The third-order valence-corrected chi connectivity index (χ3v) is 4.47. The topological polar surface area (TPSA) is 88.3 Å². The van der Waals surface area contributed by atoms with Gasteiger partial charge in [0.05, 0.1) is 18.7 Å². The van der Waals surface area contributed by atoms with Crippen LogP contribution in [0.4, 0.5) is 5.13 Å². The standard InChI is InChI=1S/C16H20N4O3S/c1-16(2,3)14-18-15(24-19-14)17-13(22)10-7-12(21)20(8-10)9-11-5-4-6-23-11/h4-6,10H,7-9H2,1-3H3,(H,17,18,19,22). The Morgan fingerprint density at radius 2 is 2.29 bits per heavy atom. The first-order valence-electron chi connectivity index (χ1n) is 7.78. The number of anilines is 1. The molecule has 24 heavy (non-hydrogen) atoms. The Hall–Kier alpha value is -2.22. The molecule has 1 aliphatic rings. The predicted molar refractivity (Wildman–Crippen MR) is 89.5 cm³/mol. The van der Waals surface area contributed by atoms with Gasteiger partial charge in [-0.15, -0.1) is 0 Å². The van der Waals surface area contributed by atoms with E-state index in [1.165, 1.54) is 0 Å². The summed E-state index contributed by atoms with van der Waals surface area (Å²) < 4.78 is 9.53. The molecule has 3 rings (SSSR count). The van der Waals surface area contributed by atoms with Gasteiger partial charge in [-0.1, -0.05) is 20.8 Å². The largest absolute Gasteiger partial charge is 0.467 e. The fraction of sp³-hybridized carbons (Fsp3) is 0.500. The third kappa shape index (κ3) is 3.64. The van der Waals surface area contributed by atoms with Crippen LogP contribution in [0.2, 0.25) is 0 Å². The summed E-state index contributed by atoms with van der Waals surface area (Å²) in [5.41, 5.74) is -0.164. The first-order chi connectivity index (χ1) is 11.3. The molecule has 0 radical (unpaired) electrons. The van der Waals surface area contributed by atoms with Crippen LogP contribution in [0.25, 0.3) is 0 Å². The fourth-order valence-electron chi connectivity index (χ4n) is 2.48. The zero-order valence-electron chi connectivity index (χ0n) is 13.9. The van der Waals surface area contributed by atoms with Crippen molar-refractivity contribution in [2.24, 2.45) is 5.92 Å². The molecular formula is C16H20N4O3S. The molecule has 1 fully saturated rings. The summed E-state index contributed by atoms with van der Waals surface area (Å²) >= 11 is 1.16. The minimum atomic E-state index is -0.380. The van der Waals surface area contributed by atoms with Crippen LogP contribution in [0.1, 0.15) is 38.8 Å². The lowest BCUT2D eigenvalue weighted by Gasteiger charge is -2.14. The van der Waals surface area contributed by atoms with Gasteiger partial charge in [0.15, 0.2) is 0 Å². The number of nitrogens with zero attached hydrogens (tertiary/aromatic N) is 3. The van der Waals surface area contributed by atoms with Crippen molar-refractivity contribution in [3.63, 3.8) is 0 Å². The van der Waals surface area contributed by atoms with Crippen molar-refractivity contribution in [3.05, 3.63) is 30.0 Å². The van der Waals surface area contributed by atoms with E-state index in [0.29, 0.717) is 29.8 Å². The summed E-state index contributed by atoms with van der Waals surface area (Å²) in [5, 5.41) is 3.25. The first-order valence-corrected chi connectivity index (χ1v) is 8.55. The van der Waals surface area contributed by atoms with Gasteiger partial charge in [0, 0.05) is 29.9 Å². The van der Waals surface area contributed by atoms with E-state index in [9.17, 15) is 9.59 Å². The van der Waals surface area contributed by atoms with Crippen molar-refractivity contribution in [2.45, 2.75) is 39.2 Å². The fourth-order valence-corrected chi connectivity index (χ4v) is 3.24. The number of carbonyl (C=O) groups excluding carboxylic acids is 2. The third-order valence-electron chi connectivity index (χ3n) is 3.84. The second kappa shape index (κ2) is 6.35. The van der Waals surface area contributed by atoms with Crippen LogP contribution >= 0.6 is 11.5 Å². The molecule has 1 atom stereocenters. The normalized spacial score (nSPS) is 18.2. The Morgan fingerprint density at radius 3 is 2.92 bits per heavy atom. The summed E-state index contributed by atoms with van der Waals surface area (Å²) in [4.78, 5) is 30.5. The van der Waals surface area contributed by atoms with Gasteiger partial charge in [0.1, 0.15) is 11.6 Å². The maximum absolute atomic E-state index is 12.4. The molecule has 0 bridgehead atoms. The molecule has 3 heterocycles. The Bertz CT molecular complexity index is 733. The Labute approximate surface area is 144 Å². The highest BCUT2D eigenvalue weighted by molar-refractivity contribution is 7.09. The Balaban J connectivity index is 1.60. The molecule has 0 aromatic carbocycles. The van der Waals surface area contributed by atoms with E-state index in [-0.39, 0.29) is 29.6 Å². The number of hydrogen-bond donors (Lipinski definition) is 1. The molecule has 1 aliphatic heterocycles. The number of furan rings is 1. The summed E-state index contributed by atoms with van der Waals surface area (Å²) in [6.45, 7) is 6.83. The monoisotopic (exact) mass is 348 g/mol. The second-order valence-electron chi connectivity index (χ2n) is 6.92. The maximum Gasteiger partial charge on any atom is 0.231 e. The second-order valence-corrected chi connectivity index (χ2v) is 7.67. The highest BCUT2D eigenvalue weighted by Crippen LogP contribution is 2.25. The lowest BCUT2D eigenvalue weighted by atomic mass is 9.96. The number of carbonyl (C=O) groups is 2. The zero-order chi connectivity index (χ0) is 17.3. The first kappa shape index (κ1) is 16.6. The van der Waals surface area contributed by atoms with Crippen LogP contribution < -0.4 is 5.32 Å². The van der Waals surface area contributed by atoms with Gasteiger partial charge >= 0.3 is 0 Å². The molecular weight excluding hydrogens is 328 g/mol. The molecule has 1 saturated heterocycles. The molecule has 0 aliphatic carbocycles. The van der Waals surface area contributed by atoms with E-state index in [1.54, 1.807) is 17.2 Å². The number of likely N-dealkylation sites (tertiary alicyclic amines) is 1. The number of amides is 2. The quantitative estimate of drug-likeness (QED) is 0.917. The van der Waals surface area contributed by atoms with E-state index in [4.69, 9.17) is 4.42 Å². The van der Waals surface area contributed by atoms with Gasteiger partial charge in [-0.25, -0.2) is 4.98 Å². The van der Waals surface area contributed by atoms with Crippen LogP contribution in [0.3, 0.4) is 0 Å². The molecule has 1 N–H and O–H groups in total. The molecule has 7 nitrogen and oxygen atoms in total. The van der Waals surface area contributed by atoms with Crippen molar-refractivity contribution >= 4 is 28.5 Å². The van der Waals surface area contributed by atoms with Crippen molar-refractivity contribution in [2.75, 3.05) is 11.9 Å². The van der Waals surface area contributed by atoms with E-state index in [0.717, 1.165) is 11.5 Å². The van der Waals surface area contributed by atoms with E-state index >= 15 is 0 Å². The number of rotatable bonds is 4. The van der Waals surface area contributed by atoms with Crippen molar-refractivity contribution in [3.8, 4) is 0 Å². The molecule has 2 aromatic heterocycles. The Kier molecular flexibility index (Phi) is 4.40. The van der Waals surface area contributed by atoms with Gasteiger partial charge in [-0.3, -0.25) is 9.59 Å². The molecule has 2 amide bonds.